The van der Waals surface area contributed by atoms with Gasteiger partial charge in [0.15, 0.2) is 0 Å². The molecule has 9 heteroatoms. The van der Waals surface area contributed by atoms with Gasteiger partial charge in [0.25, 0.3) is 0 Å². The molecule has 1 fully saturated rings. The second-order valence-corrected chi connectivity index (χ2v) is 8.58. The molecule has 0 spiro atoms. The number of hydrogen-bond acceptors (Lipinski definition) is 6. The normalized spacial score (nSPS) is 15.0. The number of carbonyl (C=O) groups excluding carboxylic acids is 4. The van der Waals surface area contributed by atoms with Crippen molar-refractivity contribution in [2.24, 2.45) is 0 Å². The molecule has 7 nitrogen and oxygen atoms in total. The van der Waals surface area contributed by atoms with Gasteiger partial charge in [0.1, 0.15) is 6.54 Å². The Morgan fingerprint density at radius 2 is 1.57 bits per heavy atom. The van der Waals surface area contributed by atoms with Crippen molar-refractivity contribution >= 4 is 46.4 Å². The minimum absolute atomic E-state index is 0.0149. The SMILES string of the molecule is O=C(CN1C(=O)C(=O)N(Cc2cccs2)C1=O)N[C@@H](c1ccccc1)c1cccs1. The fourth-order valence-corrected chi connectivity index (χ4v) is 4.65. The van der Waals surface area contributed by atoms with Crippen LogP contribution in [-0.4, -0.2) is 40.1 Å². The van der Waals surface area contributed by atoms with Gasteiger partial charge in [-0.15, -0.1) is 22.7 Å². The molecule has 1 aromatic carbocycles. The zero-order valence-corrected chi connectivity index (χ0v) is 17.3. The quantitative estimate of drug-likeness (QED) is 0.453. The summed E-state index contributed by atoms with van der Waals surface area (Å²) in [7, 11) is 0. The Kier molecular flexibility index (Phi) is 5.73. The van der Waals surface area contributed by atoms with Gasteiger partial charge in [-0.3, -0.25) is 19.3 Å². The lowest BCUT2D eigenvalue weighted by Crippen LogP contribution is -2.42. The Morgan fingerprint density at radius 3 is 2.23 bits per heavy atom. The first kappa shape index (κ1) is 20.0. The van der Waals surface area contributed by atoms with E-state index in [0.717, 1.165) is 20.2 Å². The van der Waals surface area contributed by atoms with Crippen LogP contribution in [0.1, 0.15) is 21.4 Å². The van der Waals surface area contributed by atoms with Crippen molar-refractivity contribution in [1.29, 1.82) is 0 Å². The van der Waals surface area contributed by atoms with E-state index in [1.807, 2.05) is 53.2 Å². The number of nitrogens with one attached hydrogen (secondary N) is 1. The highest BCUT2D eigenvalue weighted by Gasteiger charge is 2.45. The lowest BCUT2D eigenvalue weighted by Gasteiger charge is -2.20. The van der Waals surface area contributed by atoms with Crippen LogP contribution >= 0.6 is 22.7 Å². The molecular weight excluding hydrogens is 422 g/mol. The lowest BCUT2D eigenvalue weighted by atomic mass is 10.1. The lowest BCUT2D eigenvalue weighted by molar-refractivity contribution is -0.144. The second kappa shape index (κ2) is 8.60. The standard InChI is InChI=1S/C21H17N3O4S2/c25-17(22-18(16-9-5-11-30-16)14-6-2-1-3-7-14)13-24-20(27)19(26)23(21(24)28)12-15-8-4-10-29-15/h1-11,18H,12-13H2,(H,22,25)/t18-/m0/s1. The predicted molar refractivity (Wildman–Crippen MR) is 113 cm³/mol. The van der Waals surface area contributed by atoms with Crippen molar-refractivity contribution in [2.75, 3.05) is 6.54 Å². The Hall–Kier alpha value is -3.30. The maximum Gasteiger partial charge on any atom is 0.335 e. The van der Waals surface area contributed by atoms with Crippen molar-refractivity contribution in [2.45, 2.75) is 12.6 Å². The van der Waals surface area contributed by atoms with E-state index in [2.05, 4.69) is 5.32 Å². The third-order valence-electron chi connectivity index (χ3n) is 4.60. The van der Waals surface area contributed by atoms with E-state index < -0.39 is 36.3 Å². The monoisotopic (exact) mass is 439 g/mol. The summed E-state index contributed by atoms with van der Waals surface area (Å²) in [6.45, 7) is -0.500. The van der Waals surface area contributed by atoms with E-state index in [9.17, 15) is 19.2 Å². The number of nitrogens with zero attached hydrogens (tertiary/aromatic N) is 2. The summed E-state index contributed by atoms with van der Waals surface area (Å²) in [5.74, 6) is -2.43. The van der Waals surface area contributed by atoms with Crippen molar-refractivity contribution in [3.8, 4) is 0 Å². The number of urea groups is 1. The van der Waals surface area contributed by atoms with Crippen LogP contribution in [0.15, 0.2) is 65.4 Å². The fraction of sp³-hybridized carbons (Fsp3) is 0.143. The molecule has 152 valence electrons. The molecule has 1 saturated heterocycles. The van der Waals surface area contributed by atoms with Crippen LogP contribution in [0.3, 0.4) is 0 Å². The third kappa shape index (κ3) is 4.03. The highest BCUT2D eigenvalue weighted by Crippen LogP contribution is 2.26. The smallest absolute Gasteiger partial charge is 0.335 e. The van der Waals surface area contributed by atoms with Gasteiger partial charge in [-0.05, 0) is 28.5 Å². The van der Waals surface area contributed by atoms with Crippen LogP contribution in [-0.2, 0) is 20.9 Å². The van der Waals surface area contributed by atoms with Crippen molar-refractivity contribution < 1.29 is 19.2 Å². The molecule has 2 aromatic heterocycles. The zero-order chi connectivity index (χ0) is 21.1. The number of thiophene rings is 2. The summed E-state index contributed by atoms with van der Waals surface area (Å²) < 4.78 is 0. The Morgan fingerprint density at radius 1 is 0.867 bits per heavy atom. The molecule has 0 saturated carbocycles. The summed E-state index contributed by atoms with van der Waals surface area (Å²) in [6.07, 6.45) is 0. The molecule has 0 aliphatic carbocycles. The molecule has 3 heterocycles. The van der Waals surface area contributed by atoms with Gasteiger partial charge >= 0.3 is 17.8 Å². The predicted octanol–water partition coefficient (Wildman–Crippen LogP) is 3.01. The highest BCUT2D eigenvalue weighted by atomic mass is 32.1. The van der Waals surface area contributed by atoms with E-state index in [4.69, 9.17) is 0 Å². The summed E-state index contributed by atoms with van der Waals surface area (Å²) in [5, 5.41) is 6.61. The number of imide groups is 2. The number of hydrogen-bond donors (Lipinski definition) is 1. The van der Waals surface area contributed by atoms with Gasteiger partial charge in [-0.2, -0.15) is 0 Å². The van der Waals surface area contributed by atoms with E-state index in [1.165, 1.54) is 22.7 Å². The minimum Gasteiger partial charge on any atom is -0.343 e. The maximum atomic E-state index is 12.7. The van der Waals surface area contributed by atoms with Crippen molar-refractivity contribution in [3.63, 3.8) is 0 Å². The Balaban J connectivity index is 1.48. The first-order chi connectivity index (χ1) is 14.5. The Bertz CT molecular complexity index is 1070. The Labute approximate surface area is 180 Å². The summed E-state index contributed by atoms with van der Waals surface area (Å²) in [4.78, 5) is 53.2. The fourth-order valence-electron chi connectivity index (χ4n) is 3.16. The minimum atomic E-state index is -0.987. The van der Waals surface area contributed by atoms with Crippen molar-refractivity contribution in [1.82, 2.24) is 15.1 Å². The highest BCUT2D eigenvalue weighted by molar-refractivity contribution is 7.10. The summed E-state index contributed by atoms with van der Waals surface area (Å²) in [5.41, 5.74) is 0.878. The van der Waals surface area contributed by atoms with Gasteiger partial charge in [-0.1, -0.05) is 42.5 Å². The molecule has 4 rings (SSSR count). The molecule has 30 heavy (non-hydrogen) atoms. The van der Waals surface area contributed by atoms with Crippen LogP contribution in [0.4, 0.5) is 4.79 Å². The molecule has 5 amide bonds. The second-order valence-electron chi connectivity index (χ2n) is 6.57. The van der Waals surface area contributed by atoms with Gasteiger partial charge in [0.05, 0.1) is 12.6 Å². The van der Waals surface area contributed by atoms with Crippen LogP contribution in [0.2, 0.25) is 0 Å². The van der Waals surface area contributed by atoms with Crippen LogP contribution < -0.4 is 5.32 Å². The molecule has 0 unspecified atom stereocenters. The first-order valence-electron chi connectivity index (χ1n) is 9.12. The maximum absolute atomic E-state index is 12.7. The zero-order valence-electron chi connectivity index (χ0n) is 15.7. The molecular formula is C21H17N3O4S2. The van der Waals surface area contributed by atoms with E-state index >= 15 is 0 Å². The van der Waals surface area contributed by atoms with Crippen LogP contribution in [0, 0.1) is 0 Å². The summed E-state index contributed by atoms with van der Waals surface area (Å²) >= 11 is 2.87. The molecule has 1 atom stereocenters. The van der Waals surface area contributed by atoms with E-state index in [-0.39, 0.29) is 6.54 Å². The number of carbonyl (C=O) groups is 4. The van der Waals surface area contributed by atoms with Gasteiger partial charge < -0.3 is 5.32 Å². The first-order valence-corrected chi connectivity index (χ1v) is 10.9. The number of rotatable bonds is 7. The topological polar surface area (TPSA) is 86.8 Å². The average Bonchev–Trinajstić information content (AvgIpc) is 3.50. The molecule has 0 radical (unpaired) electrons. The number of amides is 5. The molecule has 0 bridgehead atoms. The third-order valence-corrected chi connectivity index (χ3v) is 6.40. The van der Waals surface area contributed by atoms with Gasteiger partial charge in [0.2, 0.25) is 5.91 Å². The van der Waals surface area contributed by atoms with Gasteiger partial charge in [-0.25, -0.2) is 9.69 Å². The van der Waals surface area contributed by atoms with E-state index in [1.54, 1.807) is 12.1 Å². The molecule has 1 aliphatic rings. The number of benzene rings is 1. The van der Waals surface area contributed by atoms with Crippen LogP contribution in [0.5, 0.6) is 0 Å². The largest absolute Gasteiger partial charge is 0.343 e. The average molecular weight is 440 g/mol. The van der Waals surface area contributed by atoms with Crippen LogP contribution in [0.25, 0.3) is 0 Å². The summed E-state index contributed by atoms with van der Waals surface area (Å²) in [6, 6.07) is 15.6. The molecule has 1 aliphatic heterocycles. The molecule has 3 aromatic rings. The van der Waals surface area contributed by atoms with Crippen molar-refractivity contribution in [3.05, 3.63) is 80.7 Å². The molecule has 1 N–H and O–H groups in total. The van der Waals surface area contributed by atoms with E-state index in [0.29, 0.717) is 4.90 Å². The van der Waals surface area contributed by atoms with Gasteiger partial charge in [0, 0.05) is 9.75 Å².